The SMILES string of the molecule is [2H]C([2H])([2H])N1C(=O)c2cccc(OC(F)F)c2[C@H]2C[C@@H]1c1nc3ccc(-c4cc(F)c(P(C)(C)=O)c(OC)c4)cc3n12. The summed E-state index contributed by atoms with van der Waals surface area (Å²) in [6.07, 6.45) is 0.0721. The molecule has 3 heterocycles. The van der Waals surface area contributed by atoms with Crippen molar-refractivity contribution < 1.29 is 36.1 Å². The van der Waals surface area contributed by atoms with E-state index in [1.54, 1.807) is 28.8 Å². The van der Waals surface area contributed by atoms with E-state index in [1.165, 1.54) is 44.7 Å². The normalized spacial score (nSPS) is 19.8. The van der Waals surface area contributed by atoms with Crippen LogP contribution in [0.3, 0.4) is 0 Å². The Balaban J connectivity index is 1.59. The van der Waals surface area contributed by atoms with Gasteiger partial charge in [-0.25, -0.2) is 9.37 Å². The Labute approximate surface area is 226 Å². The van der Waals surface area contributed by atoms with Crippen LogP contribution < -0.4 is 14.8 Å². The van der Waals surface area contributed by atoms with Crippen LogP contribution in [0, 0.1) is 5.82 Å². The molecule has 2 atom stereocenters. The van der Waals surface area contributed by atoms with E-state index >= 15 is 4.39 Å². The van der Waals surface area contributed by atoms with Crippen LogP contribution in [0.4, 0.5) is 13.2 Å². The summed E-state index contributed by atoms with van der Waals surface area (Å²) in [7, 11) is -1.64. The van der Waals surface area contributed by atoms with Gasteiger partial charge >= 0.3 is 6.61 Å². The molecule has 0 N–H and O–H groups in total. The Morgan fingerprint density at radius 2 is 1.90 bits per heavy atom. The number of fused-ring (bicyclic) bond motifs is 9. The highest BCUT2D eigenvalue weighted by Crippen LogP contribution is 2.50. The van der Waals surface area contributed by atoms with Crippen LogP contribution in [0.1, 0.15) is 44.4 Å². The van der Waals surface area contributed by atoms with Gasteiger partial charge in [-0.1, -0.05) is 12.1 Å². The summed E-state index contributed by atoms with van der Waals surface area (Å²) < 4.78 is 91.2. The van der Waals surface area contributed by atoms with Crippen LogP contribution in [0.2, 0.25) is 0 Å². The molecule has 2 aliphatic rings. The summed E-state index contributed by atoms with van der Waals surface area (Å²) >= 11 is 0. The summed E-state index contributed by atoms with van der Waals surface area (Å²) in [5.74, 6) is -1.32. The first-order valence-electron chi connectivity index (χ1n) is 13.6. The van der Waals surface area contributed by atoms with Gasteiger partial charge in [-0.05, 0) is 60.9 Å². The molecule has 0 aliphatic carbocycles. The number of hydrogen-bond donors (Lipinski definition) is 0. The number of alkyl halides is 2. The summed E-state index contributed by atoms with van der Waals surface area (Å²) in [5, 5.41) is 0.00251. The Kier molecular flexibility index (Phi) is 5.03. The third-order valence-corrected chi connectivity index (χ3v) is 8.78. The van der Waals surface area contributed by atoms with Crippen LogP contribution >= 0.6 is 7.14 Å². The Hall–Kier alpha value is -3.78. The molecule has 4 aromatic rings. The van der Waals surface area contributed by atoms with Gasteiger partial charge in [-0.2, -0.15) is 8.78 Å². The van der Waals surface area contributed by atoms with Gasteiger partial charge in [0.15, 0.2) is 0 Å². The minimum atomic E-state index is -3.18. The van der Waals surface area contributed by atoms with E-state index in [-0.39, 0.29) is 40.2 Å². The lowest BCUT2D eigenvalue weighted by atomic mass is 9.97. The van der Waals surface area contributed by atoms with Crippen LogP contribution in [0.5, 0.6) is 11.5 Å². The highest BCUT2D eigenvalue weighted by molar-refractivity contribution is 7.70. The molecule has 6 rings (SSSR count). The number of hydrogen-bond acceptors (Lipinski definition) is 5. The second-order valence-corrected chi connectivity index (χ2v) is 13.1. The van der Waals surface area contributed by atoms with Gasteiger partial charge in [0.1, 0.15) is 30.3 Å². The van der Waals surface area contributed by atoms with Crippen molar-refractivity contribution >= 4 is 29.4 Å². The van der Waals surface area contributed by atoms with Crippen molar-refractivity contribution in [1.82, 2.24) is 14.5 Å². The fraction of sp³-hybridized carbons (Fsp3) is 0.286. The maximum atomic E-state index is 15.2. The van der Waals surface area contributed by atoms with E-state index in [9.17, 15) is 18.1 Å². The number of aromatic nitrogens is 2. The first kappa shape index (κ1) is 22.1. The number of ether oxygens (including phenoxy) is 2. The van der Waals surface area contributed by atoms with Crippen LogP contribution in [-0.4, -0.2) is 54.4 Å². The monoisotopic (exact) mass is 558 g/mol. The molecule has 0 unspecified atom stereocenters. The second-order valence-electron chi connectivity index (χ2n) is 9.94. The standard InChI is InChI=1S/C28H25F3N3O4P/c1-33-21-13-20(24-16(27(33)35)6-5-7-22(24)38-28(30)31)34-19-11-14(8-9-18(19)32-26(21)34)15-10-17(29)25(39(3,4)36)23(12-15)37-2/h5-12,20-21,28H,13H2,1-4H3/t20-,21-/m1/s1/i1D3. The molecule has 0 fully saturated rings. The van der Waals surface area contributed by atoms with E-state index in [0.717, 1.165) is 4.90 Å². The Bertz CT molecular complexity index is 1820. The number of carbonyl (C=O) groups is 1. The van der Waals surface area contributed by atoms with Crippen molar-refractivity contribution in [2.24, 2.45) is 0 Å². The van der Waals surface area contributed by atoms with Gasteiger partial charge in [-0.15, -0.1) is 0 Å². The van der Waals surface area contributed by atoms with E-state index in [4.69, 9.17) is 13.6 Å². The summed E-state index contributed by atoms with van der Waals surface area (Å²) in [4.78, 5) is 19.0. The van der Waals surface area contributed by atoms with Crippen molar-refractivity contribution in [3.63, 3.8) is 0 Å². The lowest BCUT2D eigenvalue weighted by molar-refractivity contribution is -0.0507. The molecule has 0 saturated carbocycles. The molecule has 0 radical (unpaired) electrons. The summed E-state index contributed by atoms with van der Waals surface area (Å²) in [6.45, 7) is -3.12. The molecule has 3 aromatic carbocycles. The molecular formula is C28H25F3N3O4P. The third kappa shape index (κ3) is 3.92. The van der Waals surface area contributed by atoms with Gasteiger partial charge in [0.2, 0.25) is 0 Å². The van der Waals surface area contributed by atoms with E-state index in [1.807, 2.05) is 0 Å². The summed E-state index contributed by atoms with van der Waals surface area (Å²) in [5.41, 5.74) is 2.06. The molecule has 1 aromatic heterocycles. The first-order chi connectivity index (χ1) is 19.7. The maximum Gasteiger partial charge on any atom is 0.387 e. The number of carbonyl (C=O) groups excluding carboxylic acids is 1. The third-order valence-electron chi connectivity index (χ3n) is 7.27. The smallest absolute Gasteiger partial charge is 0.387 e. The van der Waals surface area contributed by atoms with Crippen molar-refractivity contribution in [1.29, 1.82) is 0 Å². The minimum absolute atomic E-state index is 0.00251. The maximum absolute atomic E-state index is 15.2. The zero-order chi connectivity index (χ0) is 30.3. The van der Waals surface area contributed by atoms with Crippen LogP contribution in [0.15, 0.2) is 48.5 Å². The topological polar surface area (TPSA) is 73.7 Å². The molecule has 1 amide bonds. The molecule has 0 spiro atoms. The average molecular weight is 559 g/mol. The average Bonchev–Trinajstić information content (AvgIpc) is 3.39. The number of nitrogens with zero attached hydrogens (tertiary/aromatic N) is 3. The minimum Gasteiger partial charge on any atom is -0.496 e. The van der Waals surface area contributed by atoms with Crippen molar-refractivity contribution in [2.45, 2.75) is 25.1 Å². The molecule has 7 nitrogen and oxygen atoms in total. The van der Waals surface area contributed by atoms with Gasteiger partial charge in [0.05, 0.1) is 35.5 Å². The van der Waals surface area contributed by atoms with Gasteiger partial charge in [0.25, 0.3) is 5.91 Å². The number of rotatable bonds is 5. The highest BCUT2D eigenvalue weighted by Gasteiger charge is 2.45. The molecule has 2 bridgehead atoms. The Morgan fingerprint density at radius 3 is 2.59 bits per heavy atom. The van der Waals surface area contributed by atoms with Crippen LogP contribution in [0.25, 0.3) is 22.2 Å². The van der Waals surface area contributed by atoms with Gasteiger partial charge in [0, 0.05) is 28.6 Å². The Morgan fingerprint density at radius 1 is 1.10 bits per heavy atom. The number of amides is 1. The quantitative estimate of drug-likeness (QED) is 0.289. The van der Waals surface area contributed by atoms with Crippen molar-refractivity contribution in [3.8, 4) is 22.6 Å². The molecule has 11 heteroatoms. The molecule has 2 aliphatic heterocycles. The molecule has 202 valence electrons. The molecular weight excluding hydrogens is 530 g/mol. The van der Waals surface area contributed by atoms with E-state index in [2.05, 4.69) is 4.98 Å². The lowest BCUT2D eigenvalue weighted by Gasteiger charge is -2.24. The highest BCUT2D eigenvalue weighted by atomic mass is 31.2. The van der Waals surface area contributed by atoms with Gasteiger partial charge in [-0.3, -0.25) is 4.79 Å². The lowest BCUT2D eigenvalue weighted by Crippen LogP contribution is -2.30. The fourth-order valence-corrected chi connectivity index (χ4v) is 6.97. The van der Waals surface area contributed by atoms with Crippen molar-refractivity contribution in [3.05, 3.63) is 71.3 Å². The van der Waals surface area contributed by atoms with E-state index in [0.29, 0.717) is 22.2 Å². The number of methoxy groups -OCH3 is 1. The fourth-order valence-electron chi connectivity index (χ4n) is 5.71. The predicted molar refractivity (Wildman–Crippen MR) is 141 cm³/mol. The first-order valence-corrected chi connectivity index (χ1v) is 14.7. The number of halogens is 3. The zero-order valence-electron chi connectivity index (χ0n) is 24.1. The second kappa shape index (κ2) is 8.88. The largest absolute Gasteiger partial charge is 0.496 e. The number of imidazole rings is 1. The van der Waals surface area contributed by atoms with Crippen LogP contribution in [-0.2, 0) is 4.57 Å². The van der Waals surface area contributed by atoms with E-state index < -0.39 is 44.5 Å². The summed E-state index contributed by atoms with van der Waals surface area (Å²) in [6, 6.07) is 10.3. The number of benzene rings is 3. The van der Waals surface area contributed by atoms with Crippen molar-refractivity contribution in [2.75, 3.05) is 27.4 Å². The predicted octanol–water partition coefficient (Wildman–Crippen LogP) is 5.82. The molecule has 0 saturated heterocycles. The zero-order valence-corrected chi connectivity index (χ0v) is 22.0. The van der Waals surface area contributed by atoms with Gasteiger partial charge < -0.3 is 23.5 Å². The molecule has 39 heavy (non-hydrogen) atoms.